The summed E-state index contributed by atoms with van der Waals surface area (Å²) >= 11 is 12.2. The predicted molar refractivity (Wildman–Crippen MR) is 96.5 cm³/mol. The molecule has 0 fully saturated rings. The highest BCUT2D eigenvalue weighted by Gasteiger charge is 2.28. The summed E-state index contributed by atoms with van der Waals surface area (Å²) in [5, 5.41) is 15.7. The van der Waals surface area contributed by atoms with Gasteiger partial charge in [-0.05, 0) is 42.3 Å². The Morgan fingerprint density at radius 2 is 2.04 bits per heavy atom. The van der Waals surface area contributed by atoms with Gasteiger partial charge in [-0.15, -0.1) is 0 Å². The van der Waals surface area contributed by atoms with Crippen LogP contribution < -0.4 is 10.1 Å². The lowest BCUT2D eigenvalue weighted by Crippen LogP contribution is -2.30. The SMILES string of the molecule is COc1ccc2[nH]c3c(c2c1)CCN[C@H]3c1cc(Cl)cc(Cl)c1O. The average molecular weight is 363 g/mol. The van der Waals surface area contributed by atoms with Gasteiger partial charge in [0, 0.05) is 33.7 Å². The fraction of sp³-hybridized carbons (Fsp3) is 0.222. The van der Waals surface area contributed by atoms with Crippen molar-refractivity contribution in [2.75, 3.05) is 13.7 Å². The minimum absolute atomic E-state index is 0.0580. The molecule has 0 amide bonds. The molecule has 6 heteroatoms. The Hall–Kier alpha value is -1.88. The van der Waals surface area contributed by atoms with Crippen LogP contribution in [0.3, 0.4) is 0 Å². The fourth-order valence-corrected chi connectivity index (χ4v) is 3.91. The highest BCUT2D eigenvalue weighted by Crippen LogP contribution is 2.41. The molecule has 24 heavy (non-hydrogen) atoms. The summed E-state index contributed by atoms with van der Waals surface area (Å²) in [6, 6.07) is 9.08. The zero-order valence-corrected chi connectivity index (χ0v) is 14.5. The molecule has 0 radical (unpaired) electrons. The average Bonchev–Trinajstić information content (AvgIpc) is 2.96. The first-order valence-corrected chi connectivity index (χ1v) is 8.44. The van der Waals surface area contributed by atoms with Crippen LogP contribution in [0.4, 0.5) is 0 Å². The molecular formula is C18H16Cl2N2O2. The minimum atomic E-state index is -0.191. The van der Waals surface area contributed by atoms with E-state index < -0.39 is 0 Å². The van der Waals surface area contributed by atoms with E-state index in [1.807, 2.05) is 18.2 Å². The molecule has 1 aliphatic heterocycles. The van der Waals surface area contributed by atoms with E-state index in [2.05, 4.69) is 10.3 Å². The van der Waals surface area contributed by atoms with Gasteiger partial charge in [0.05, 0.1) is 18.2 Å². The minimum Gasteiger partial charge on any atom is -0.506 e. The number of nitrogens with one attached hydrogen (secondary N) is 2. The molecule has 2 aromatic carbocycles. The highest BCUT2D eigenvalue weighted by atomic mass is 35.5. The molecule has 0 saturated carbocycles. The van der Waals surface area contributed by atoms with E-state index in [4.69, 9.17) is 27.9 Å². The maximum absolute atomic E-state index is 10.4. The Kier molecular flexibility index (Phi) is 3.83. The number of ether oxygens (including phenoxy) is 1. The number of hydrogen-bond donors (Lipinski definition) is 3. The van der Waals surface area contributed by atoms with Crippen LogP contribution in [0.2, 0.25) is 10.0 Å². The maximum Gasteiger partial charge on any atom is 0.139 e. The number of benzene rings is 2. The van der Waals surface area contributed by atoms with E-state index >= 15 is 0 Å². The number of aromatic nitrogens is 1. The van der Waals surface area contributed by atoms with E-state index in [1.165, 1.54) is 5.56 Å². The van der Waals surface area contributed by atoms with Crippen LogP contribution in [0.5, 0.6) is 11.5 Å². The Morgan fingerprint density at radius 3 is 2.83 bits per heavy atom. The van der Waals surface area contributed by atoms with E-state index in [-0.39, 0.29) is 16.8 Å². The maximum atomic E-state index is 10.4. The molecule has 0 aliphatic carbocycles. The number of aromatic amines is 1. The summed E-state index contributed by atoms with van der Waals surface area (Å²) < 4.78 is 5.34. The number of hydrogen-bond acceptors (Lipinski definition) is 3. The van der Waals surface area contributed by atoms with Crippen LogP contribution in [-0.2, 0) is 6.42 Å². The summed E-state index contributed by atoms with van der Waals surface area (Å²) in [7, 11) is 1.66. The number of methoxy groups -OCH3 is 1. The second-order valence-electron chi connectivity index (χ2n) is 5.89. The van der Waals surface area contributed by atoms with Gasteiger partial charge in [-0.2, -0.15) is 0 Å². The van der Waals surface area contributed by atoms with E-state index in [1.54, 1.807) is 19.2 Å². The van der Waals surface area contributed by atoms with Crippen molar-refractivity contribution in [3.63, 3.8) is 0 Å². The van der Waals surface area contributed by atoms with Gasteiger partial charge in [-0.25, -0.2) is 0 Å². The van der Waals surface area contributed by atoms with Gasteiger partial charge in [0.1, 0.15) is 11.5 Å². The van der Waals surface area contributed by atoms with Crippen molar-refractivity contribution in [3.05, 3.63) is 57.2 Å². The van der Waals surface area contributed by atoms with Crippen LogP contribution in [0.1, 0.15) is 22.9 Å². The van der Waals surface area contributed by atoms with Crippen LogP contribution in [0, 0.1) is 0 Å². The number of phenols is 1. The standard InChI is InChI=1S/C18H16Cl2N2O2/c1-24-10-2-3-15-12(8-10)11-4-5-21-16(17(11)22-15)13-6-9(19)7-14(20)18(13)23/h2-3,6-8,16,21-23H,4-5H2,1H3/t16-/m0/s1. The number of phenolic OH excluding ortho intramolecular Hbond substituents is 1. The second-order valence-corrected chi connectivity index (χ2v) is 6.73. The number of halogens is 2. The zero-order chi connectivity index (χ0) is 16.8. The Labute approximate surface area is 149 Å². The molecule has 4 nitrogen and oxygen atoms in total. The topological polar surface area (TPSA) is 57.3 Å². The second kappa shape index (κ2) is 5.88. The lowest BCUT2D eigenvalue weighted by Gasteiger charge is -2.26. The third kappa shape index (κ3) is 2.42. The van der Waals surface area contributed by atoms with Crippen molar-refractivity contribution >= 4 is 34.1 Å². The third-order valence-electron chi connectivity index (χ3n) is 4.53. The molecule has 0 bridgehead atoms. The van der Waals surface area contributed by atoms with Crippen LogP contribution in [-0.4, -0.2) is 23.7 Å². The number of fused-ring (bicyclic) bond motifs is 3. The lowest BCUT2D eigenvalue weighted by molar-refractivity contribution is 0.415. The van der Waals surface area contributed by atoms with Crippen LogP contribution >= 0.6 is 23.2 Å². The van der Waals surface area contributed by atoms with E-state index in [0.717, 1.165) is 35.3 Å². The number of H-pyrrole nitrogens is 1. The molecule has 124 valence electrons. The molecular weight excluding hydrogens is 347 g/mol. The fourth-order valence-electron chi connectivity index (χ4n) is 3.41. The Bertz CT molecular complexity index is 936. The number of aromatic hydroxyl groups is 1. The molecule has 0 saturated heterocycles. The summed E-state index contributed by atoms with van der Waals surface area (Å²) in [5.74, 6) is 0.885. The number of rotatable bonds is 2. The van der Waals surface area contributed by atoms with Crippen molar-refractivity contribution in [2.45, 2.75) is 12.5 Å². The van der Waals surface area contributed by atoms with E-state index in [0.29, 0.717) is 10.6 Å². The van der Waals surface area contributed by atoms with Crippen molar-refractivity contribution in [3.8, 4) is 11.5 Å². The van der Waals surface area contributed by atoms with Crippen molar-refractivity contribution < 1.29 is 9.84 Å². The van der Waals surface area contributed by atoms with Gasteiger partial charge in [-0.3, -0.25) is 0 Å². The molecule has 4 rings (SSSR count). The normalized spacial score (nSPS) is 17.0. The highest BCUT2D eigenvalue weighted by molar-refractivity contribution is 6.35. The summed E-state index contributed by atoms with van der Waals surface area (Å²) in [5.41, 5.74) is 3.97. The third-order valence-corrected chi connectivity index (χ3v) is 5.03. The largest absolute Gasteiger partial charge is 0.506 e. The molecule has 1 aliphatic rings. The van der Waals surface area contributed by atoms with Gasteiger partial charge in [-0.1, -0.05) is 23.2 Å². The van der Waals surface area contributed by atoms with Gasteiger partial charge < -0.3 is 20.1 Å². The predicted octanol–water partition coefficient (Wildman–Crippen LogP) is 4.42. The van der Waals surface area contributed by atoms with Gasteiger partial charge in [0.25, 0.3) is 0 Å². The molecule has 0 unspecified atom stereocenters. The molecule has 3 N–H and O–H groups in total. The summed E-state index contributed by atoms with van der Waals surface area (Å²) in [4.78, 5) is 3.47. The molecule has 1 aromatic heterocycles. The first-order chi connectivity index (χ1) is 11.6. The molecule has 1 atom stereocenters. The Balaban J connectivity index is 1.91. The summed E-state index contributed by atoms with van der Waals surface area (Å²) in [6.07, 6.45) is 0.897. The quantitative estimate of drug-likeness (QED) is 0.632. The van der Waals surface area contributed by atoms with Gasteiger partial charge >= 0.3 is 0 Å². The van der Waals surface area contributed by atoms with Gasteiger partial charge in [0.15, 0.2) is 0 Å². The van der Waals surface area contributed by atoms with Crippen molar-refractivity contribution in [1.82, 2.24) is 10.3 Å². The molecule has 2 heterocycles. The monoisotopic (exact) mass is 362 g/mol. The van der Waals surface area contributed by atoms with Crippen LogP contribution in [0.15, 0.2) is 30.3 Å². The Morgan fingerprint density at radius 1 is 1.21 bits per heavy atom. The van der Waals surface area contributed by atoms with Gasteiger partial charge in [0.2, 0.25) is 0 Å². The van der Waals surface area contributed by atoms with Crippen molar-refractivity contribution in [2.24, 2.45) is 0 Å². The molecule has 0 spiro atoms. The summed E-state index contributed by atoms with van der Waals surface area (Å²) in [6.45, 7) is 0.797. The van der Waals surface area contributed by atoms with Crippen molar-refractivity contribution in [1.29, 1.82) is 0 Å². The lowest BCUT2D eigenvalue weighted by atomic mass is 9.94. The molecule has 3 aromatic rings. The van der Waals surface area contributed by atoms with E-state index in [9.17, 15) is 5.11 Å². The zero-order valence-electron chi connectivity index (χ0n) is 13.0. The first-order valence-electron chi connectivity index (χ1n) is 7.68. The first kappa shape index (κ1) is 15.6. The smallest absolute Gasteiger partial charge is 0.139 e. The van der Waals surface area contributed by atoms with Crippen LogP contribution in [0.25, 0.3) is 10.9 Å².